The van der Waals surface area contributed by atoms with Crippen molar-refractivity contribution in [2.75, 3.05) is 22.0 Å². The fourth-order valence-corrected chi connectivity index (χ4v) is 4.40. The number of nitriles is 1. The Balaban J connectivity index is 1.80. The lowest BCUT2D eigenvalue weighted by Crippen LogP contribution is -2.39. The number of rotatable bonds is 5. The summed E-state index contributed by atoms with van der Waals surface area (Å²) < 4.78 is 25.7. The van der Waals surface area contributed by atoms with Crippen LogP contribution in [0.3, 0.4) is 0 Å². The molecule has 0 N–H and O–H groups in total. The fourth-order valence-electron chi connectivity index (χ4n) is 3.48. The summed E-state index contributed by atoms with van der Waals surface area (Å²) in [4.78, 5) is 14.6. The molecule has 1 aliphatic rings. The zero-order valence-electron chi connectivity index (χ0n) is 15.3. The van der Waals surface area contributed by atoms with E-state index in [2.05, 4.69) is 0 Å². The molecule has 1 aliphatic heterocycles. The summed E-state index contributed by atoms with van der Waals surface area (Å²) in [6, 6.07) is 16.2. The second-order valence-electron chi connectivity index (χ2n) is 6.69. The number of hydrogen-bond acceptors (Lipinski definition) is 4. The summed E-state index contributed by atoms with van der Waals surface area (Å²) in [5.74, 6) is -0.113. The molecule has 1 amide bonds. The van der Waals surface area contributed by atoms with Crippen molar-refractivity contribution in [1.29, 1.82) is 5.26 Å². The summed E-state index contributed by atoms with van der Waals surface area (Å²) in [7, 11) is -3.58. The predicted molar refractivity (Wildman–Crippen MR) is 105 cm³/mol. The quantitative estimate of drug-likeness (QED) is 0.795. The molecule has 0 aliphatic carbocycles. The van der Waals surface area contributed by atoms with Crippen molar-refractivity contribution >= 4 is 27.3 Å². The minimum Gasteiger partial charge on any atom is -0.309 e. The van der Waals surface area contributed by atoms with Crippen LogP contribution in [0.15, 0.2) is 48.5 Å². The topological polar surface area (TPSA) is 81.5 Å². The molecule has 2 aromatic carbocycles. The third-order valence-electron chi connectivity index (χ3n) is 4.67. The van der Waals surface area contributed by atoms with Gasteiger partial charge in [-0.1, -0.05) is 24.3 Å². The molecule has 0 aromatic heterocycles. The lowest BCUT2D eigenvalue weighted by molar-refractivity contribution is -0.118. The van der Waals surface area contributed by atoms with Crippen LogP contribution in [0.25, 0.3) is 0 Å². The SMILES string of the molecule is CC1Cc2ccccc2N1C(=O)CCN(c1cccc(C#N)c1)S(C)(=O)=O. The first-order valence-corrected chi connectivity index (χ1v) is 10.5. The Morgan fingerprint density at radius 1 is 1.26 bits per heavy atom. The lowest BCUT2D eigenvalue weighted by atomic mass is 10.1. The predicted octanol–water partition coefficient (Wildman–Crippen LogP) is 2.69. The van der Waals surface area contributed by atoms with Crippen molar-refractivity contribution in [1.82, 2.24) is 0 Å². The summed E-state index contributed by atoms with van der Waals surface area (Å²) in [5, 5.41) is 9.05. The molecule has 0 radical (unpaired) electrons. The van der Waals surface area contributed by atoms with Gasteiger partial charge in [-0.3, -0.25) is 9.10 Å². The number of nitrogens with zero attached hydrogens (tertiary/aromatic N) is 3. The zero-order valence-corrected chi connectivity index (χ0v) is 16.1. The van der Waals surface area contributed by atoms with Gasteiger partial charge in [-0.25, -0.2) is 8.42 Å². The van der Waals surface area contributed by atoms with Crippen molar-refractivity contribution in [3.63, 3.8) is 0 Å². The highest BCUT2D eigenvalue weighted by atomic mass is 32.2. The first-order valence-electron chi connectivity index (χ1n) is 8.69. The maximum Gasteiger partial charge on any atom is 0.232 e. The Morgan fingerprint density at radius 3 is 2.70 bits per heavy atom. The number of carbonyl (C=O) groups is 1. The average Bonchev–Trinajstić information content (AvgIpc) is 2.96. The molecule has 3 rings (SSSR count). The van der Waals surface area contributed by atoms with E-state index in [1.165, 1.54) is 10.4 Å². The second kappa shape index (κ2) is 7.41. The van der Waals surface area contributed by atoms with Gasteiger partial charge in [0.1, 0.15) is 0 Å². The first-order chi connectivity index (χ1) is 12.8. The molecule has 0 saturated heterocycles. The minimum atomic E-state index is -3.58. The highest BCUT2D eigenvalue weighted by Crippen LogP contribution is 2.32. The van der Waals surface area contributed by atoms with Gasteiger partial charge in [0.25, 0.3) is 0 Å². The molecular weight excluding hydrogens is 362 g/mol. The third kappa shape index (κ3) is 3.96. The van der Waals surface area contributed by atoms with E-state index in [0.29, 0.717) is 11.3 Å². The Kier molecular flexibility index (Phi) is 5.19. The molecule has 0 spiro atoms. The van der Waals surface area contributed by atoms with Gasteiger partial charge in [-0.15, -0.1) is 0 Å². The normalized spacial score (nSPS) is 15.9. The van der Waals surface area contributed by atoms with Crippen LogP contribution in [-0.4, -0.2) is 33.2 Å². The Bertz CT molecular complexity index is 1010. The number of para-hydroxylation sites is 1. The van der Waals surface area contributed by atoms with Crippen LogP contribution < -0.4 is 9.21 Å². The van der Waals surface area contributed by atoms with Crippen LogP contribution in [0, 0.1) is 11.3 Å². The maximum atomic E-state index is 12.9. The van der Waals surface area contributed by atoms with Crippen molar-refractivity contribution in [3.8, 4) is 6.07 Å². The van der Waals surface area contributed by atoms with Crippen molar-refractivity contribution in [3.05, 3.63) is 59.7 Å². The lowest BCUT2D eigenvalue weighted by Gasteiger charge is -2.26. The van der Waals surface area contributed by atoms with Crippen LogP contribution in [0.2, 0.25) is 0 Å². The Labute approximate surface area is 159 Å². The highest BCUT2D eigenvalue weighted by molar-refractivity contribution is 7.92. The maximum absolute atomic E-state index is 12.9. The molecule has 2 aromatic rings. The van der Waals surface area contributed by atoms with Gasteiger partial charge in [-0.2, -0.15) is 5.26 Å². The smallest absolute Gasteiger partial charge is 0.232 e. The highest BCUT2D eigenvalue weighted by Gasteiger charge is 2.31. The van der Waals surface area contributed by atoms with Crippen LogP contribution in [-0.2, 0) is 21.2 Å². The number of carbonyl (C=O) groups excluding carboxylic acids is 1. The first kappa shape index (κ1) is 18.9. The van der Waals surface area contributed by atoms with Gasteiger partial charge in [0.15, 0.2) is 0 Å². The standard InChI is InChI=1S/C20H21N3O3S/c1-15-12-17-7-3-4-9-19(17)23(15)20(24)10-11-22(27(2,25)26)18-8-5-6-16(13-18)14-21/h3-9,13,15H,10-12H2,1-2H3. The van der Waals surface area contributed by atoms with E-state index in [1.807, 2.05) is 37.3 Å². The summed E-state index contributed by atoms with van der Waals surface area (Å²) in [6.07, 6.45) is 1.95. The molecule has 6 nitrogen and oxygen atoms in total. The monoisotopic (exact) mass is 383 g/mol. The van der Waals surface area contributed by atoms with E-state index in [9.17, 15) is 13.2 Å². The van der Waals surface area contributed by atoms with E-state index < -0.39 is 10.0 Å². The zero-order chi connectivity index (χ0) is 19.6. The molecule has 0 saturated carbocycles. The van der Waals surface area contributed by atoms with E-state index in [0.717, 1.165) is 23.9 Å². The Morgan fingerprint density at radius 2 is 2.00 bits per heavy atom. The molecule has 7 heteroatoms. The Hall–Kier alpha value is -2.85. The van der Waals surface area contributed by atoms with Gasteiger partial charge in [0.2, 0.25) is 15.9 Å². The molecule has 0 bridgehead atoms. The van der Waals surface area contributed by atoms with Gasteiger partial charge in [0.05, 0.1) is 23.6 Å². The molecular formula is C20H21N3O3S. The van der Waals surface area contributed by atoms with Gasteiger partial charge >= 0.3 is 0 Å². The number of hydrogen-bond donors (Lipinski definition) is 0. The number of sulfonamides is 1. The van der Waals surface area contributed by atoms with E-state index in [4.69, 9.17) is 5.26 Å². The number of benzene rings is 2. The van der Waals surface area contributed by atoms with Gasteiger partial charge in [-0.05, 0) is 43.2 Å². The van der Waals surface area contributed by atoms with Gasteiger partial charge in [0, 0.05) is 24.7 Å². The molecule has 1 atom stereocenters. The number of fused-ring (bicyclic) bond motifs is 1. The molecule has 140 valence electrons. The molecule has 1 unspecified atom stereocenters. The van der Waals surface area contributed by atoms with E-state index in [1.54, 1.807) is 23.1 Å². The number of amides is 1. The summed E-state index contributed by atoms with van der Waals surface area (Å²) >= 11 is 0. The molecule has 1 heterocycles. The molecule has 27 heavy (non-hydrogen) atoms. The van der Waals surface area contributed by atoms with Gasteiger partial charge < -0.3 is 4.90 Å². The van der Waals surface area contributed by atoms with Crippen molar-refractivity contribution in [2.24, 2.45) is 0 Å². The molecule has 0 fully saturated rings. The van der Waals surface area contributed by atoms with Crippen LogP contribution in [0.4, 0.5) is 11.4 Å². The average molecular weight is 383 g/mol. The van der Waals surface area contributed by atoms with Crippen LogP contribution in [0.1, 0.15) is 24.5 Å². The van der Waals surface area contributed by atoms with E-state index >= 15 is 0 Å². The fraction of sp³-hybridized carbons (Fsp3) is 0.300. The minimum absolute atomic E-state index is 0.0257. The summed E-state index contributed by atoms with van der Waals surface area (Å²) in [6.45, 7) is 2.01. The second-order valence-corrected chi connectivity index (χ2v) is 8.60. The van der Waals surface area contributed by atoms with Crippen molar-refractivity contribution in [2.45, 2.75) is 25.8 Å². The largest absolute Gasteiger partial charge is 0.309 e. The van der Waals surface area contributed by atoms with Crippen molar-refractivity contribution < 1.29 is 13.2 Å². The van der Waals surface area contributed by atoms with E-state index in [-0.39, 0.29) is 24.9 Å². The van der Waals surface area contributed by atoms with Crippen LogP contribution >= 0.6 is 0 Å². The summed E-state index contributed by atoms with van der Waals surface area (Å²) in [5.41, 5.74) is 2.78. The third-order valence-corrected chi connectivity index (χ3v) is 5.86. The van der Waals surface area contributed by atoms with Crippen LogP contribution in [0.5, 0.6) is 0 Å². The number of anilines is 2.